The molecule has 0 aliphatic heterocycles. The highest BCUT2D eigenvalue weighted by Crippen LogP contribution is 2.05. The summed E-state index contributed by atoms with van der Waals surface area (Å²) in [5.74, 6) is 0.691. The van der Waals surface area contributed by atoms with Crippen LogP contribution in [0.5, 0.6) is 0 Å². The normalized spacial score (nSPS) is 10.4. The third kappa shape index (κ3) is 6.06. The summed E-state index contributed by atoms with van der Waals surface area (Å²) in [6.07, 6.45) is 1.24. The van der Waals surface area contributed by atoms with Crippen LogP contribution in [0.3, 0.4) is 0 Å². The SMILES string of the molecule is Cc1ccc(CNC(=O)CCCNc2nc(C)cc(C)n2)cc1. The van der Waals surface area contributed by atoms with E-state index in [9.17, 15) is 4.79 Å². The predicted octanol–water partition coefficient (Wildman–Crippen LogP) is 2.91. The number of carbonyl (C=O) groups is 1. The van der Waals surface area contributed by atoms with E-state index >= 15 is 0 Å². The lowest BCUT2D eigenvalue weighted by Gasteiger charge is -2.07. The molecule has 0 saturated carbocycles. The number of anilines is 1. The average molecular weight is 312 g/mol. The van der Waals surface area contributed by atoms with Gasteiger partial charge in [0.25, 0.3) is 0 Å². The lowest BCUT2D eigenvalue weighted by molar-refractivity contribution is -0.121. The van der Waals surface area contributed by atoms with E-state index in [0.29, 0.717) is 25.5 Å². The number of nitrogens with zero attached hydrogens (tertiary/aromatic N) is 2. The quantitative estimate of drug-likeness (QED) is 0.772. The van der Waals surface area contributed by atoms with E-state index in [1.54, 1.807) is 0 Å². The summed E-state index contributed by atoms with van der Waals surface area (Å²) in [5, 5.41) is 6.10. The second-order valence-corrected chi connectivity index (χ2v) is 5.77. The van der Waals surface area contributed by atoms with Crippen molar-refractivity contribution in [3.05, 3.63) is 52.8 Å². The summed E-state index contributed by atoms with van der Waals surface area (Å²) in [5.41, 5.74) is 4.22. The number of rotatable bonds is 7. The first-order valence-corrected chi connectivity index (χ1v) is 7.91. The maximum Gasteiger partial charge on any atom is 0.223 e. The van der Waals surface area contributed by atoms with E-state index in [-0.39, 0.29) is 5.91 Å². The van der Waals surface area contributed by atoms with Crippen molar-refractivity contribution in [3.63, 3.8) is 0 Å². The summed E-state index contributed by atoms with van der Waals surface area (Å²) in [4.78, 5) is 20.5. The molecule has 1 aromatic heterocycles. The van der Waals surface area contributed by atoms with Crippen molar-refractivity contribution in [2.45, 2.75) is 40.2 Å². The summed E-state index contributed by atoms with van der Waals surface area (Å²) in [6, 6.07) is 10.1. The van der Waals surface area contributed by atoms with Crippen LogP contribution in [0.2, 0.25) is 0 Å². The Morgan fingerprint density at radius 3 is 2.35 bits per heavy atom. The van der Waals surface area contributed by atoms with Crippen molar-refractivity contribution in [1.82, 2.24) is 15.3 Å². The van der Waals surface area contributed by atoms with Crippen LogP contribution in [0.4, 0.5) is 5.95 Å². The topological polar surface area (TPSA) is 66.9 Å². The van der Waals surface area contributed by atoms with Crippen LogP contribution < -0.4 is 10.6 Å². The number of hydrogen-bond acceptors (Lipinski definition) is 4. The number of hydrogen-bond donors (Lipinski definition) is 2. The predicted molar refractivity (Wildman–Crippen MR) is 92.3 cm³/mol. The zero-order chi connectivity index (χ0) is 16.7. The second kappa shape index (κ2) is 8.27. The minimum atomic E-state index is 0.0636. The van der Waals surface area contributed by atoms with E-state index in [1.807, 2.05) is 32.0 Å². The van der Waals surface area contributed by atoms with Crippen LogP contribution in [-0.4, -0.2) is 22.4 Å². The van der Waals surface area contributed by atoms with Gasteiger partial charge in [0, 0.05) is 30.9 Å². The van der Waals surface area contributed by atoms with Gasteiger partial charge in [0.15, 0.2) is 0 Å². The molecule has 122 valence electrons. The standard InChI is InChI=1S/C18H24N4O/c1-13-6-8-16(9-7-13)12-20-17(23)5-4-10-19-18-21-14(2)11-15(3)22-18/h6-9,11H,4-5,10,12H2,1-3H3,(H,20,23)(H,19,21,22). The molecule has 23 heavy (non-hydrogen) atoms. The zero-order valence-corrected chi connectivity index (χ0v) is 14.0. The number of carbonyl (C=O) groups excluding carboxylic acids is 1. The Bertz CT molecular complexity index is 632. The van der Waals surface area contributed by atoms with Crippen molar-refractivity contribution in [1.29, 1.82) is 0 Å². The first-order valence-electron chi connectivity index (χ1n) is 7.91. The van der Waals surface area contributed by atoms with Crippen molar-refractivity contribution >= 4 is 11.9 Å². The second-order valence-electron chi connectivity index (χ2n) is 5.77. The Labute approximate surface area is 137 Å². The molecular formula is C18H24N4O. The van der Waals surface area contributed by atoms with E-state index in [0.717, 1.165) is 23.4 Å². The fraction of sp³-hybridized carbons (Fsp3) is 0.389. The van der Waals surface area contributed by atoms with Gasteiger partial charge in [0.1, 0.15) is 0 Å². The number of aromatic nitrogens is 2. The fourth-order valence-electron chi connectivity index (χ4n) is 2.25. The molecule has 5 nitrogen and oxygen atoms in total. The molecule has 2 aromatic rings. The number of aryl methyl sites for hydroxylation is 3. The average Bonchev–Trinajstić information content (AvgIpc) is 2.50. The van der Waals surface area contributed by atoms with Gasteiger partial charge in [-0.15, -0.1) is 0 Å². The molecular weight excluding hydrogens is 288 g/mol. The third-order valence-electron chi connectivity index (χ3n) is 3.46. The van der Waals surface area contributed by atoms with E-state index in [4.69, 9.17) is 0 Å². The van der Waals surface area contributed by atoms with Crippen LogP contribution in [0.1, 0.15) is 35.4 Å². The monoisotopic (exact) mass is 312 g/mol. The van der Waals surface area contributed by atoms with Crippen LogP contribution in [-0.2, 0) is 11.3 Å². The lowest BCUT2D eigenvalue weighted by Crippen LogP contribution is -2.23. The highest BCUT2D eigenvalue weighted by Gasteiger charge is 2.03. The van der Waals surface area contributed by atoms with Gasteiger partial charge in [-0.25, -0.2) is 9.97 Å². The summed E-state index contributed by atoms with van der Waals surface area (Å²) < 4.78 is 0. The Morgan fingerprint density at radius 1 is 1.04 bits per heavy atom. The molecule has 0 aliphatic rings. The molecule has 2 rings (SSSR count). The molecule has 0 saturated heterocycles. The van der Waals surface area contributed by atoms with Crippen LogP contribution in [0.25, 0.3) is 0 Å². The first-order chi connectivity index (χ1) is 11.0. The Morgan fingerprint density at radius 2 is 1.70 bits per heavy atom. The molecule has 1 amide bonds. The lowest BCUT2D eigenvalue weighted by atomic mass is 10.1. The van der Waals surface area contributed by atoms with Crippen molar-refractivity contribution in [2.24, 2.45) is 0 Å². The Balaban J connectivity index is 1.65. The van der Waals surface area contributed by atoms with Gasteiger partial charge in [-0.1, -0.05) is 29.8 Å². The molecule has 0 spiro atoms. The van der Waals surface area contributed by atoms with Gasteiger partial charge in [-0.2, -0.15) is 0 Å². The van der Waals surface area contributed by atoms with Gasteiger partial charge < -0.3 is 10.6 Å². The Hall–Kier alpha value is -2.43. The van der Waals surface area contributed by atoms with Crippen molar-refractivity contribution < 1.29 is 4.79 Å². The zero-order valence-electron chi connectivity index (χ0n) is 14.0. The van der Waals surface area contributed by atoms with Crippen LogP contribution in [0.15, 0.2) is 30.3 Å². The first kappa shape index (κ1) is 16.9. The van der Waals surface area contributed by atoms with Gasteiger partial charge >= 0.3 is 0 Å². The van der Waals surface area contributed by atoms with Crippen LogP contribution in [0, 0.1) is 20.8 Å². The number of amides is 1. The maximum atomic E-state index is 11.8. The molecule has 1 heterocycles. The molecule has 0 fully saturated rings. The number of benzene rings is 1. The summed E-state index contributed by atoms with van der Waals surface area (Å²) in [6.45, 7) is 7.19. The smallest absolute Gasteiger partial charge is 0.223 e. The van der Waals surface area contributed by atoms with Gasteiger partial charge in [-0.05, 0) is 38.8 Å². The molecule has 0 unspecified atom stereocenters. The summed E-state index contributed by atoms with van der Waals surface area (Å²) >= 11 is 0. The molecule has 0 aliphatic carbocycles. The van der Waals surface area contributed by atoms with E-state index in [1.165, 1.54) is 5.56 Å². The van der Waals surface area contributed by atoms with Gasteiger partial charge in [0.2, 0.25) is 11.9 Å². The highest BCUT2D eigenvalue weighted by molar-refractivity contribution is 5.75. The van der Waals surface area contributed by atoms with Gasteiger partial charge in [0.05, 0.1) is 0 Å². The fourth-order valence-corrected chi connectivity index (χ4v) is 2.25. The summed E-state index contributed by atoms with van der Waals surface area (Å²) in [7, 11) is 0. The molecule has 5 heteroatoms. The third-order valence-corrected chi connectivity index (χ3v) is 3.46. The van der Waals surface area contributed by atoms with Gasteiger partial charge in [-0.3, -0.25) is 4.79 Å². The molecule has 0 radical (unpaired) electrons. The Kier molecular flexibility index (Phi) is 6.09. The molecule has 0 atom stereocenters. The molecule has 2 N–H and O–H groups in total. The maximum absolute atomic E-state index is 11.8. The van der Waals surface area contributed by atoms with E-state index in [2.05, 4.69) is 39.7 Å². The minimum absolute atomic E-state index is 0.0636. The molecule has 0 bridgehead atoms. The number of nitrogens with one attached hydrogen (secondary N) is 2. The largest absolute Gasteiger partial charge is 0.354 e. The molecule has 1 aromatic carbocycles. The van der Waals surface area contributed by atoms with Crippen molar-refractivity contribution in [2.75, 3.05) is 11.9 Å². The van der Waals surface area contributed by atoms with E-state index < -0.39 is 0 Å². The van der Waals surface area contributed by atoms with Crippen molar-refractivity contribution in [3.8, 4) is 0 Å². The minimum Gasteiger partial charge on any atom is -0.354 e. The van der Waals surface area contributed by atoms with Crippen LogP contribution >= 0.6 is 0 Å². The highest BCUT2D eigenvalue weighted by atomic mass is 16.1.